The van der Waals surface area contributed by atoms with Gasteiger partial charge in [-0.1, -0.05) is 6.42 Å². The Hall–Kier alpha value is -2.04. The van der Waals surface area contributed by atoms with Gasteiger partial charge >= 0.3 is 5.97 Å². The fourth-order valence-electron chi connectivity index (χ4n) is 2.60. The number of amides is 1. The first-order valence-electron chi connectivity index (χ1n) is 7.23. The summed E-state index contributed by atoms with van der Waals surface area (Å²) in [6.07, 6.45) is 2.08. The van der Waals surface area contributed by atoms with Crippen LogP contribution in [0.25, 0.3) is 0 Å². The van der Waals surface area contributed by atoms with Crippen LogP contribution in [-0.2, 0) is 9.59 Å². The first-order valence-corrected chi connectivity index (χ1v) is 7.23. The topological polar surface area (TPSA) is 75.6 Å². The molecule has 114 valence electrons. The lowest BCUT2D eigenvalue weighted by Gasteiger charge is -2.36. The van der Waals surface area contributed by atoms with E-state index in [9.17, 15) is 14.7 Å². The molecule has 21 heavy (non-hydrogen) atoms. The van der Waals surface area contributed by atoms with E-state index in [-0.39, 0.29) is 12.3 Å². The number of benzene rings is 1. The summed E-state index contributed by atoms with van der Waals surface area (Å²) in [5, 5.41) is 12.1. The molecular weight excluding hydrogens is 270 g/mol. The fourth-order valence-corrected chi connectivity index (χ4v) is 2.60. The maximum absolute atomic E-state index is 12.1. The number of rotatable bonds is 6. The first-order chi connectivity index (χ1) is 9.97. The van der Waals surface area contributed by atoms with E-state index in [0.29, 0.717) is 25.1 Å². The van der Waals surface area contributed by atoms with Gasteiger partial charge in [-0.3, -0.25) is 9.59 Å². The first kappa shape index (κ1) is 15.4. The lowest BCUT2D eigenvalue weighted by molar-refractivity contribution is -0.157. The van der Waals surface area contributed by atoms with Gasteiger partial charge in [-0.15, -0.1) is 0 Å². The molecule has 0 bridgehead atoms. The van der Waals surface area contributed by atoms with E-state index in [1.54, 1.807) is 12.1 Å². The zero-order chi connectivity index (χ0) is 15.5. The predicted molar refractivity (Wildman–Crippen MR) is 79.5 cm³/mol. The Labute approximate surface area is 124 Å². The van der Waals surface area contributed by atoms with Gasteiger partial charge in [-0.05, 0) is 50.5 Å². The van der Waals surface area contributed by atoms with Crippen LogP contribution in [0.2, 0.25) is 0 Å². The van der Waals surface area contributed by atoms with Gasteiger partial charge in [0.1, 0.15) is 5.75 Å². The average molecular weight is 291 g/mol. The van der Waals surface area contributed by atoms with E-state index < -0.39 is 11.4 Å². The molecule has 2 rings (SSSR count). The number of hydrogen-bond acceptors (Lipinski definition) is 3. The van der Waals surface area contributed by atoms with Crippen molar-refractivity contribution in [2.24, 2.45) is 5.41 Å². The predicted octanol–water partition coefficient (Wildman–Crippen LogP) is 2.98. The second-order valence-corrected chi connectivity index (χ2v) is 5.57. The number of aliphatic carboxylic acids is 1. The highest BCUT2D eigenvalue weighted by Crippen LogP contribution is 2.44. The minimum atomic E-state index is -0.868. The Morgan fingerprint density at radius 2 is 2.10 bits per heavy atom. The minimum absolute atomic E-state index is 0.0367. The van der Waals surface area contributed by atoms with Crippen molar-refractivity contribution in [3.05, 3.63) is 23.8 Å². The number of aryl methyl sites for hydroxylation is 1. The largest absolute Gasteiger partial charge is 0.494 e. The lowest BCUT2D eigenvalue weighted by atomic mass is 9.66. The Morgan fingerprint density at radius 1 is 1.38 bits per heavy atom. The third kappa shape index (κ3) is 3.35. The molecule has 0 radical (unpaired) electrons. The van der Waals surface area contributed by atoms with Crippen LogP contribution in [0.15, 0.2) is 18.2 Å². The highest BCUT2D eigenvalue weighted by Gasteiger charge is 2.45. The Balaban J connectivity index is 2.01. The third-order valence-electron chi connectivity index (χ3n) is 4.05. The van der Waals surface area contributed by atoms with E-state index in [1.165, 1.54) is 0 Å². The normalized spacial score (nSPS) is 15.9. The smallest absolute Gasteiger partial charge is 0.310 e. The van der Waals surface area contributed by atoms with Crippen molar-refractivity contribution in [3.8, 4) is 5.75 Å². The van der Waals surface area contributed by atoms with Crippen molar-refractivity contribution in [1.29, 1.82) is 0 Å². The van der Waals surface area contributed by atoms with E-state index in [4.69, 9.17) is 4.74 Å². The van der Waals surface area contributed by atoms with Crippen LogP contribution < -0.4 is 10.1 Å². The molecule has 1 aliphatic carbocycles. The zero-order valence-corrected chi connectivity index (χ0v) is 12.4. The molecular formula is C16H21NO4. The molecule has 1 aromatic carbocycles. The Morgan fingerprint density at radius 3 is 2.57 bits per heavy atom. The van der Waals surface area contributed by atoms with Crippen LogP contribution >= 0.6 is 0 Å². The van der Waals surface area contributed by atoms with Crippen molar-refractivity contribution in [1.82, 2.24) is 0 Å². The van der Waals surface area contributed by atoms with E-state index >= 15 is 0 Å². The number of carbonyl (C=O) groups excluding carboxylic acids is 1. The maximum Gasteiger partial charge on any atom is 0.310 e. The zero-order valence-electron chi connectivity index (χ0n) is 12.4. The molecule has 1 fully saturated rings. The monoisotopic (exact) mass is 291 g/mol. The summed E-state index contributed by atoms with van der Waals surface area (Å²) in [7, 11) is 0. The van der Waals surface area contributed by atoms with Crippen LogP contribution in [0.3, 0.4) is 0 Å². The van der Waals surface area contributed by atoms with Gasteiger partial charge in [0.05, 0.1) is 12.0 Å². The van der Waals surface area contributed by atoms with Crippen molar-refractivity contribution in [2.75, 3.05) is 11.9 Å². The van der Waals surface area contributed by atoms with E-state index in [1.807, 2.05) is 19.9 Å². The number of ether oxygens (including phenoxy) is 1. The number of nitrogens with one attached hydrogen (secondary N) is 1. The van der Waals surface area contributed by atoms with Crippen LogP contribution in [0.1, 0.15) is 38.2 Å². The summed E-state index contributed by atoms with van der Waals surface area (Å²) >= 11 is 0. The van der Waals surface area contributed by atoms with Crippen molar-refractivity contribution < 1.29 is 19.4 Å². The molecule has 2 N–H and O–H groups in total. The molecule has 0 aliphatic heterocycles. The molecule has 0 atom stereocenters. The summed E-state index contributed by atoms with van der Waals surface area (Å²) in [6, 6.07) is 5.43. The molecule has 5 nitrogen and oxygen atoms in total. The van der Waals surface area contributed by atoms with Crippen LogP contribution in [0.5, 0.6) is 5.75 Å². The number of carboxylic acid groups (broad SMARTS) is 1. The summed E-state index contributed by atoms with van der Waals surface area (Å²) in [4.78, 5) is 23.4. The highest BCUT2D eigenvalue weighted by molar-refractivity contribution is 5.95. The van der Waals surface area contributed by atoms with Crippen molar-refractivity contribution in [2.45, 2.75) is 39.5 Å². The summed E-state index contributed by atoms with van der Waals surface area (Å²) < 4.78 is 5.39. The van der Waals surface area contributed by atoms with Crippen molar-refractivity contribution in [3.63, 3.8) is 0 Å². The molecule has 1 saturated carbocycles. The second-order valence-electron chi connectivity index (χ2n) is 5.57. The summed E-state index contributed by atoms with van der Waals surface area (Å²) in [5.41, 5.74) is 0.735. The van der Waals surface area contributed by atoms with Gasteiger partial charge in [0.15, 0.2) is 0 Å². The van der Waals surface area contributed by atoms with Gasteiger partial charge in [0, 0.05) is 12.1 Å². The Kier molecular flexibility index (Phi) is 4.50. The van der Waals surface area contributed by atoms with Crippen molar-refractivity contribution >= 4 is 17.6 Å². The van der Waals surface area contributed by atoms with Crippen LogP contribution in [-0.4, -0.2) is 23.6 Å². The number of anilines is 1. The lowest BCUT2D eigenvalue weighted by Crippen LogP contribution is -2.41. The van der Waals surface area contributed by atoms with Gasteiger partial charge in [-0.2, -0.15) is 0 Å². The van der Waals surface area contributed by atoms with Gasteiger partial charge < -0.3 is 15.2 Å². The number of carbonyl (C=O) groups is 2. The molecule has 0 unspecified atom stereocenters. The fraction of sp³-hybridized carbons (Fsp3) is 0.500. The summed E-state index contributed by atoms with van der Waals surface area (Å²) in [6.45, 7) is 4.38. The second kappa shape index (κ2) is 6.16. The standard InChI is InChI=1S/C16H21NO4/c1-3-21-12-5-6-13(11(2)9-12)17-14(18)10-16(15(19)20)7-4-8-16/h5-6,9H,3-4,7-8,10H2,1-2H3,(H,17,18)(H,19,20). The molecule has 0 heterocycles. The molecule has 0 spiro atoms. The highest BCUT2D eigenvalue weighted by atomic mass is 16.5. The van der Waals surface area contributed by atoms with Gasteiger partial charge in [0.2, 0.25) is 5.91 Å². The number of hydrogen-bond donors (Lipinski definition) is 2. The van der Waals surface area contributed by atoms with E-state index in [2.05, 4.69) is 5.32 Å². The molecule has 0 aromatic heterocycles. The minimum Gasteiger partial charge on any atom is -0.494 e. The average Bonchev–Trinajstić information content (AvgIpc) is 2.37. The molecule has 0 saturated heterocycles. The molecule has 1 amide bonds. The molecule has 5 heteroatoms. The molecule has 1 aliphatic rings. The Bertz CT molecular complexity index is 549. The molecule has 1 aromatic rings. The van der Waals surface area contributed by atoms with E-state index in [0.717, 1.165) is 17.7 Å². The summed E-state index contributed by atoms with van der Waals surface area (Å²) in [5.74, 6) is -0.356. The quantitative estimate of drug-likeness (QED) is 0.845. The van der Waals surface area contributed by atoms with Gasteiger partial charge in [-0.25, -0.2) is 0 Å². The number of carboxylic acids is 1. The van der Waals surface area contributed by atoms with Gasteiger partial charge in [0.25, 0.3) is 0 Å². The maximum atomic E-state index is 12.1. The SMILES string of the molecule is CCOc1ccc(NC(=O)CC2(C(=O)O)CCC2)c(C)c1. The van der Waals surface area contributed by atoms with Crippen LogP contribution in [0.4, 0.5) is 5.69 Å². The van der Waals surface area contributed by atoms with Crippen LogP contribution in [0, 0.1) is 12.3 Å². The third-order valence-corrected chi connectivity index (χ3v) is 4.05.